The van der Waals surface area contributed by atoms with Crippen molar-refractivity contribution >= 4 is 40.7 Å². The molecule has 12 heteroatoms. The van der Waals surface area contributed by atoms with Crippen LogP contribution in [0.15, 0.2) is 63.3 Å². The summed E-state index contributed by atoms with van der Waals surface area (Å²) < 4.78 is 0. The summed E-state index contributed by atoms with van der Waals surface area (Å²) in [6.07, 6.45) is 1.76. The Morgan fingerprint density at radius 2 is 1.94 bits per heavy atom. The number of aliphatic imine (C=N–C) groups is 1. The minimum Gasteiger partial charge on any atom is -0.397 e. The van der Waals surface area contributed by atoms with Crippen molar-refractivity contribution in [1.82, 2.24) is 10.3 Å². The zero-order valence-corrected chi connectivity index (χ0v) is 17.6. The molecule has 0 spiro atoms. The van der Waals surface area contributed by atoms with Gasteiger partial charge in [0.1, 0.15) is 29.3 Å². The van der Waals surface area contributed by atoms with Crippen LogP contribution in [0.5, 0.6) is 0 Å². The van der Waals surface area contributed by atoms with Crippen molar-refractivity contribution in [2.75, 3.05) is 16.8 Å². The van der Waals surface area contributed by atoms with E-state index in [9.17, 15) is 15.4 Å². The van der Waals surface area contributed by atoms with E-state index < -0.39 is 11.0 Å². The first kappa shape index (κ1) is 21.4. The fraction of sp³-hybridized carbons (Fsp3) is 0.0476. The highest BCUT2D eigenvalue weighted by Gasteiger charge is 2.31. The summed E-state index contributed by atoms with van der Waals surface area (Å²) in [4.78, 5) is 21.3. The highest BCUT2D eigenvalue weighted by atomic mass is 32.2. The zero-order valence-electron chi connectivity index (χ0n) is 16.8. The molecule has 1 aliphatic heterocycles. The average Bonchev–Trinajstić information content (AvgIpc) is 2.79. The molecule has 162 valence electrons. The largest absolute Gasteiger partial charge is 0.397 e. The van der Waals surface area contributed by atoms with Crippen molar-refractivity contribution < 1.29 is 4.92 Å². The van der Waals surface area contributed by atoms with E-state index in [4.69, 9.17) is 16.7 Å². The number of anilines is 3. The maximum Gasteiger partial charge on any atom is 0.283 e. The van der Waals surface area contributed by atoms with Gasteiger partial charge in [-0.25, -0.2) is 9.98 Å². The maximum atomic E-state index is 11.9. The fourth-order valence-corrected chi connectivity index (χ4v) is 4.29. The number of pyridine rings is 1. The van der Waals surface area contributed by atoms with Crippen LogP contribution < -0.4 is 22.1 Å². The first-order chi connectivity index (χ1) is 15.9. The van der Waals surface area contributed by atoms with E-state index in [1.165, 1.54) is 17.8 Å². The summed E-state index contributed by atoms with van der Waals surface area (Å²) in [5.41, 5.74) is 12.8. The molecule has 1 unspecified atom stereocenters. The molecule has 0 aliphatic carbocycles. The summed E-state index contributed by atoms with van der Waals surface area (Å²) >= 11 is 1.26. The molecular weight excluding hydrogens is 442 g/mol. The van der Waals surface area contributed by atoms with Crippen molar-refractivity contribution in [3.8, 4) is 12.3 Å². The van der Waals surface area contributed by atoms with Gasteiger partial charge in [0, 0.05) is 16.5 Å². The molecule has 1 atom stereocenters. The van der Waals surface area contributed by atoms with Crippen LogP contribution in [0.4, 0.5) is 23.0 Å². The van der Waals surface area contributed by atoms with Gasteiger partial charge in [0.05, 0.1) is 15.5 Å². The molecule has 0 radical (unpaired) electrons. The first-order valence-electron chi connectivity index (χ1n) is 9.43. The van der Waals surface area contributed by atoms with E-state index in [1.807, 2.05) is 36.4 Å². The molecule has 2 aromatic carbocycles. The number of aromatic nitrogens is 1. The topological polar surface area (TPSA) is 192 Å². The van der Waals surface area contributed by atoms with E-state index in [0.29, 0.717) is 16.0 Å². The van der Waals surface area contributed by atoms with Crippen LogP contribution in [0.25, 0.3) is 0 Å². The number of hydrogen-bond donors (Lipinski definition) is 4. The standard InChI is InChI=1S/C21H15N9O2S/c22-9-13-17(24)16-18(27-21(26-10-23)29-20(16)28-19(13)25)11-6-7-15(14(8-11)30(31)32)33-12-4-2-1-3-5-12/h1-8,18H,(H6,24,25,26,27,28,29). The minimum atomic E-state index is -0.869. The van der Waals surface area contributed by atoms with Crippen LogP contribution in [-0.4, -0.2) is 15.9 Å². The summed E-state index contributed by atoms with van der Waals surface area (Å²) in [5, 5.41) is 35.5. The fourth-order valence-electron chi connectivity index (χ4n) is 3.37. The number of guanidine groups is 1. The molecule has 4 rings (SSSR count). The highest BCUT2D eigenvalue weighted by Crippen LogP contribution is 2.43. The van der Waals surface area contributed by atoms with Gasteiger partial charge in [-0.3, -0.25) is 15.4 Å². The van der Waals surface area contributed by atoms with Crippen molar-refractivity contribution in [1.29, 1.82) is 10.5 Å². The van der Waals surface area contributed by atoms with Gasteiger partial charge in [-0.15, -0.1) is 0 Å². The number of nitro groups is 1. The third kappa shape index (κ3) is 4.06. The number of benzene rings is 2. The van der Waals surface area contributed by atoms with Gasteiger partial charge in [-0.1, -0.05) is 36.0 Å². The monoisotopic (exact) mass is 457 g/mol. The maximum absolute atomic E-state index is 11.9. The zero-order chi connectivity index (χ0) is 23.5. The molecule has 1 aliphatic rings. The molecule has 0 amide bonds. The third-order valence-electron chi connectivity index (χ3n) is 4.82. The van der Waals surface area contributed by atoms with Crippen molar-refractivity contribution in [2.24, 2.45) is 4.99 Å². The van der Waals surface area contributed by atoms with E-state index in [0.717, 1.165) is 4.90 Å². The van der Waals surface area contributed by atoms with Crippen LogP contribution in [0.1, 0.15) is 22.7 Å². The number of nitrogens with zero attached hydrogens (tertiary/aromatic N) is 5. The van der Waals surface area contributed by atoms with Gasteiger partial charge in [0.25, 0.3) is 5.69 Å². The van der Waals surface area contributed by atoms with Crippen molar-refractivity contribution in [3.63, 3.8) is 0 Å². The van der Waals surface area contributed by atoms with Gasteiger partial charge in [-0.05, 0) is 23.8 Å². The summed E-state index contributed by atoms with van der Waals surface area (Å²) in [5.74, 6) is 0.183. The first-order valence-corrected chi connectivity index (χ1v) is 10.2. The lowest BCUT2D eigenvalue weighted by Crippen LogP contribution is -2.32. The molecule has 0 saturated carbocycles. The minimum absolute atomic E-state index is 0.0156. The molecule has 11 nitrogen and oxygen atoms in total. The molecule has 0 fully saturated rings. The lowest BCUT2D eigenvalue weighted by Gasteiger charge is -2.26. The summed E-state index contributed by atoms with van der Waals surface area (Å²) in [7, 11) is 0. The second kappa shape index (κ2) is 8.74. The Morgan fingerprint density at radius 3 is 2.61 bits per heavy atom. The lowest BCUT2D eigenvalue weighted by molar-refractivity contribution is -0.387. The second-order valence-corrected chi connectivity index (χ2v) is 7.92. The molecule has 1 aromatic heterocycles. The number of nitriles is 2. The van der Waals surface area contributed by atoms with Gasteiger partial charge < -0.3 is 16.8 Å². The molecule has 3 aromatic rings. The number of nitro benzene ring substituents is 1. The molecule has 6 N–H and O–H groups in total. The van der Waals surface area contributed by atoms with Crippen LogP contribution in [0.3, 0.4) is 0 Å². The highest BCUT2D eigenvalue weighted by molar-refractivity contribution is 7.99. The predicted octanol–water partition coefficient (Wildman–Crippen LogP) is 3.12. The van der Waals surface area contributed by atoms with Crippen LogP contribution >= 0.6 is 11.8 Å². The van der Waals surface area contributed by atoms with Gasteiger partial charge >= 0.3 is 0 Å². The number of rotatable bonds is 4. The molecule has 2 heterocycles. The van der Waals surface area contributed by atoms with Gasteiger partial charge in [0.15, 0.2) is 6.19 Å². The second-order valence-electron chi connectivity index (χ2n) is 6.80. The normalized spacial score (nSPS) is 14.1. The smallest absolute Gasteiger partial charge is 0.283 e. The van der Waals surface area contributed by atoms with E-state index in [1.54, 1.807) is 18.3 Å². The summed E-state index contributed by atoms with van der Waals surface area (Å²) in [6, 6.07) is 15.0. The average molecular weight is 457 g/mol. The van der Waals surface area contributed by atoms with Crippen LogP contribution in [-0.2, 0) is 0 Å². The Kier molecular flexibility index (Phi) is 5.67. The van der Waals surface area contributed by atoms with Gasteiger partial charge in [-0.2, -0.15) is 10.5 Å². The number of fused-ring (bicyclic) bond motifs is 1. The number of nitrogen functional groups attached to an aromatic ring is 2. The Hall–Kier alpha value is -4.81. The van der Waals surface area contributed by atoms with E-state index in [-0.39, 0.29) is 34.5 Å². The molecular formula is C21H15N9O2S. The quantitative estimate of drug-likeness (QED) is 0.196. The number of nitrogens with two attached hydrogens (primary N) is 2. The lowest BCUT2D eigenvalue weighted by atomic mass is 9.95. The molecule has 33 heavy (non-hydrogen) atoms. The Labute approximate surface area is 191 Å². The Morgan fingerprint density at radius 1 is 1.18 bits per heavy atom. The van der Waals surface area contributed by atoms with Crippen LogP contribution in [0, 0.1) is 32.9 Å². The Balaban J connectivity index is 1.86. The van der Waals surface area contributed by atoms with E-state index in [2.05, 4.69) is 20.6 Å². The van der Waals surface area contributed by atoms with Crippen LogP contribution in [0.2, 0.25) is 0 Å². The molecule has 0 bridgehead atoms. The van der Waals surface area contributed by atoms with E-state index >= 15 is 0 Å². The van der Waals surface area contributed by atoms with Gasteiger partial charge in [0.2, 0.25) is 5.96 Å². The number of nitrogens with one attached hydrogen (secondary N) is 2. The Bertz CT molecular complexity index is 1380. The van der Waals surface area contributed by atoms with Crippen molar-refractivity contribution in [2.45, 2.75) is 15.8 Å². The van der Waals surface area contributed by atoms with Crippen molar-refractivity contribution in [3.05, 3.63) is 75.3 Å². The summed E-state index contributed by atoms with van der Waals surface area (Å²) in [6.45, 7) is 0. The predicted molar refractivity (Wildman–Crippen MR) is 123 cm³/mol. The number of hydrogen-bond acceptors (Lipinski definition) is 11. The SMILES string of the molecule is N#CNC1=NC(c2ccc(Sc3ccccc3)c([N+](=O)[O-])c2)c2c(nc(N)c(C#N)c2N)N1. The third-order valence-corrected chi connectivity index (χ3v) is 5.90. The molecule has 0 saturated heterocycles.